The maximum atomic E-state index is 12.3. The van der Waals surface area contributed by atoms with Crippen LogP contribution in [0, 0.1) is 11.3 Å². The largest absolute Gasteiger partial charge is 0.448 e. The highest BCUT2D eigenvalue weighted by atomic mass is 16.5. The van der Waals surface area contributed by atoms with Gasteiger partial charge in [0.25, 0.3) is 5.91 Å². The molecule has 0 saturated carbocycles. The van der Waals surface area contributed by atoms with E-state index in [1.165, 1.54) is 18.6 Å². The van der Waals surface area contributed by atoms with Gasteiger partial charge in [-0.05, 0) is 42.0 Å². The number of benzene rings is 2. The van der Waals surface area contributed by atoms with Crippen LogP contribution in [0.15, 0.2) is 60.2 Å². The van der Waals surface area contributed by atoms with Gasteiger partial charge in [-0.25, -0.2) is 4.79 Å². The number of hydrogen-bond donors (Lipinski definition) is 1. The average Bonchev–Trinajstić information content (AvgIpc) is 2.72. The van der Waals surface area contributed by atoms with E-state index in [-0.39, 0.29) is 5.57 Å². The van der Waals surface area contributed by atoms with Gasteiger partial charge in [0.15, 0.2) is 6.10 Å². The summed E-state index contributed by atoms with van der Waals surface area (Å²) in [4.78, 5) is 24.4. The molecule has 0 heterocycles. The second-order valence-corrected chi connectivity index (χ2v) is 7.07. The van der Waals surface area contributed by atoms with Crippen molar-refractivity contribution in [2.24, 2.45) is 0 Å². The summed E-state index contributed by atoms with van der Waals surface area (Å²) in [6, 6.07) is 19.2. The van der Waals surface area contributed by atoms with Gasteiger partial charge >= 0.3 is 5.97 Å². The summed E-state index contributed by atoms with van der Waals surface area (Å²) in [5, 5.41) is 12.0. The molecule has 0 aromatic heterocycles. The molecule has 2 rings (SSSR count). The molecule has 150 valence electrons. The molecule has 5 heteroatoms. The third kappa shape index (κ3) is 6.93. The number of amides is 1. The van der Waals surface area contributed by atoms with Crippen molar-refractivity contribution in [2.75, 3.05) is 6.54 Å². The molecule has 1 atom stereocenters. The number of esters is 1. The molecule has 29 heavy (non-hydrogen) atoms. The molecule has 0 spiro atoms. The Morgan fingerprint density at radius 2 is 1.72 bits per heavy atom. The molecule has 0 aliphatic heterocycles. The summed E-state index contributed by atoms with van der Waals surface area (Å²) >= 11 is 0. The minimum absolute atomic E-state index is 0.147. The van der Waals surface area contributed by atoms with Crippen molar-refractivity contribution >= 4 is 18.0 Å². The van der Waals surface area contributed by atoms with Gasteiger partial charge in [-0.1, -0.05) is 68.4 Å². The lowest BCUT2D eigenvalue weighted by Crippen LogP contribution is -2.37. The Bertz CT molecular complexity index is 894. The molecule has 0 unspecified atom stereocenters. The van der Waals surface area contributed by atoms with Gasteiger partial charge < -0.3 is 10.1 Å². The molecular weight excluding hydrogens is 364 g/mol. The topological polar surface area (TPSA) is 79.2 Å². The summed E-state index contributed by atoms with van der Waals surface area (Å²) < 4.78 is 5.16. The first-order valence-corrected chi connectivity index (χ1v) is 9.65. The predicted molar refractivity (Wildman–Crippen MR) is 113 cm³/mol. The first kappa shape index (κ1) is 21.9. The average molecular weight is 390 g/mol. The predicted octanol–water partition coefficient (Wildman–Crippen LogP) is 4.01. The third-order valence-electron chi connectivity index (χ3n) is 4.46. The molecule has 0 saturated heterocycles. The van der Waals surface area contributed by atoms with Gasteiger partial charge in [0, 0.05) is 6.54 Å². The monoisotopic (exact) mass is 390 g/mol. The van der Waals surface area contributed by atoms with Crippen LogP contribution in [0.1, 0.15) is 43.4 Å². The van der Waals surface area contributed by atoms with E-state index in [9.17, 15) is 14.9 Å². The molecule has 0 fully saturated rings. The van der Waals surface area contributed by atoms with Crippen molar-refractivity contribution in [3.63, 3.8) is 0 Å². The van der Waals surface area contributed by atoms with Crippen molar-refractivity contribution < 1.29 is 14.3 Å². The quantitative estimate of drug-likeness (QED) is 0.420. The Hall–Kier alpha value is -3.39. The highest BCUT2D eigenvalue weighted by molar-refractivity contribution is 5.99. The van der Waals surface area contributed by atoms with Crippen molar-refractivity contribution in [3.05, 3.63) is 76.9 Å². The highest BCUT2D eigenvalue weighted by Gasteiger charge is 2.20. The fourth-order valence-electron chi connectivity index (χ4n) is 2.68. The van der Waals surface area contributed by atoms with Gasteiger partial charge in [0.2, 0.25) is 0 Å². The van der Waals surface area contributed by atoms with Crippen molar-refractivity contribution in [2.45, 2.75) is 39.2 Å². The molecule has 2 aromatic carbocycles. The number of nitrogens with one attached hydrogen (secondary N) is 1. The van der Waals surface area contributed by atoms with Crippen LogP contribution in [0.5, 0.6) is 0 Å². The SMILES string of the molecule is CC(C)c1ccc(/C=C(\C#N)C(=O)O[C@H](C)C(=O)NCCc2ccccc2)cc1. The second-order valence-electron chi connectivity index (χ2n) is 7.07. The van der Waals surface area contributed by atoms with Crippen molar-refractivity contribution in [1.29, 1.82) is 5.26 Å². The van der Waals surface area contributed by atoms with Crippen LogP contribution in [-0.4, -0.2) is 24.5 Å². The molecule has 1 amide bonds. The smallest absolute Gasteiger partial charge is 0.349 e. The Balaban J connectivity index is 1.90. The maximum absolute atomic E-state index is 12.3. The second kappa shape index (κ2) is 10.8. The molecule has 0 radical (unpaired) electrons. The fraction of sp³-hybridized carbons (Fsp3) is 0.292. The van der Waals surface area contributed by atoms with Crippen LogP contribution in [0.4, 0.5) is 0 Å². The van der Waals surface area contributed by atoms with E-state index in [1.807, 2.05) is 60.7 Å². The van der Waals surface area contributed by atoms with Gasteiger partial charge in [0.1, 0.15) is 11.6 Å². The van der Waals surface area contributed by atoms with E-state index in [0.717, 1.165) is 11.1 Å². The van der Waals surface area contributed by atoms with Crippen LogP contribution < -0.4 is 5.32 Å². The van der Waals surface area contributed by atoms with Crippen LogP contribution in [0.2, 0.25) is 0 Å². The number of ether oxygens (including phenoxy) is 1. The number of carbonyl (C=O) groups is 2. The Labute approximate surface area is 172 Å². The number of nitrogens with zero attached hydrogens (tertiary/aromatic N) is 1. The third-order valence-corrected chi connectivity index (χ3v) is 4.46. The molecule has 0 aliphatic carbocycles. The zero-order valence-electron chi connectivity index (χ0n) is 17.0. The summed E-state index contributed by atoms with van der Waals surface area (Å²) in [6.45, 7) is 6.11. The molecule has 0 bridgehead atoms. The zero-order chi connectivity index (χ0) is 21.2. The Morgan fingerprint density at radius 3 is 2.31 bits per heavy atom. The van der Waals surface area contributed by atoms with Gasteiger partial charge in [-0.3, -0.25) is 4.79 Å². The lowest BCUT2D eigenvalue weighted by atomic mass is 10.0. The highest BCUT2D eigenvalue weighted by Crippen LogP contribution is 2.16. The molecule has 0 aliphatic rings. The zero-order valence-corrected chi connectivity index (χ0v) is 17.0. The van der Waals surface area contributed by atoms with Crippen LogP contribution in [0.3, 0.4) is 0 Å². The summed E-state index contributed by atoms with van der Waals surface area (Å²) in [7, 11) is 0. The minimum Gasteiger partial charge on any atom is -0.448 e. The summed E-state index contributed by atoms with van der Waals surface area (Å²) in [6.07, 6.45) is 1.16. The van der Waals surface area contributed by atoms with Crippen molar-refractivity contribution in [3.8, 4) is 6.07 Å². The maximum Gasteiger partial charge on any atom is 0.349 e. The molecule has 2 aromatic rings. The van der Waals surface area contributed by atoms with E-state index in [4.69, 9.17) is 4.74 Å². The first-order chi connectivity index (χ1) is 13.9. The minimum atomic E-state index is -0.988. The van der Waals surface area contributed by atoms with Crippen LogP contribution in [0.25, 0.3) is 6.08 Å². The summed E-state index contributed by atoms with van der Waals surface area (Å²) in [5.41, 5.74) is 2.86. The number of rotatable bonds is 8. The Kier molecular flexibility index (Phi) is 8.17. The molecule has 1 N–H and O–H groups in total. The standard InChI is InChI=1S/C24H26N2O3/c1-17(2)21-11-9-20(10-12-21)15-22(16-25)24(28)29-18(3)23(27)26-14-13-19-7-5-4-6-8-19/h4-12,15,17-18H,13-14H2,1-3H3,(H,26,27)/b22-15+/t18-/m1/s1. The normalized spacial score (nSPS) is 12.2. The number of hydrogen-bond acceptors (Lipinski definition) is 4. The van der Waals surface area contributed by atoms with Crippen LogP contribution >= 0.6 is 0 Å². The van der Waals surface area contributed by atoms with E-state index in [1.54, 1.807) is 0 Å². The van der Waals surface area contributed by atoms with Gasteiger partial charge in [0.05, 0.1) is 0 Å². The van der Waals surface area contributed by atoms with E-state index < -0.39 is 18.0 Å². The summed E-state index contributed by atoms with van der Waals surface area (Å²) in [5.74, 6) is -0.811. The number of carbonyl (C=O) groups excluding carboxylic acids is 2. The van der Waals surface area contributed by atoms with E-state index in [2.05, 4.69) is 19.2 Å². The molecule has 5 nitrogen and oxygen atoms in total. The van der Waals surface area contributed by atoms with E-state index in [0.29, 0.717) is 18.9 Å². The lowest BCUT2D eigenvalue weighted by Gasteiger charge is -2.13. The first-order valence-electron chi connectivity index (χ1n) is 9.65. The van der Waals surface area contributed by atoms with Gasteiger partial charge in [-0.2, -0.15) is 5.26 Å². The molecular formula is C24H26N2O3. The van der Waals surface area contributed by atoms with Crippen LogP contribution in [-0.2, 0) is 20.7 Å². The lowest BCUT2D eigenvalue weighted by molar-refractivity contribution is -0.150. The fourth-order valence-corrected chi connectivity index (χ4v) is 2.68. The van der Waals surface area contributed by atoms with E-state index >= 15 is 0 Å². The van der Waals surface area contributed by atoms with Crippen molar-refractivity contribution in [1.82, 2.24) is 5.32 Å². The van der Waals surface area contributed by atoms with Gasteiger partial charge in [-0.15, -0.1) is 0 Å². The Morgan fingerprint density at radius 1 is 1.07 bits per heavy atom. The number of nitriles is 1.